The van der Waals surface area contributed by atoms with E-state index < -0.39 is 16.1 Å². The number of halogens is 1. The van der Waals surface area contributed by atoms with E-state index in [-0.39, 0.29) is 34.8 Å². The summed E-state index contributed by atoms with van der Waals surface area (Å²) in [6, 6.07) is 5.83. The Morgan fingerprint density at radius 3 is 2.42 bits per heavy atom. The first-order valence-corrected chi connectivity index (χ1v) is 9.54. The number of carbonyl (C=O) groups excluding carboxylic acids is 2. The maximum atomic E-state index is 12.7. The Morgan fingerprint density at radius 1 is 1.17 bits per heavy atom. The minimum Gasteiger partial charge on any atom is -0.344 e. The van der Waals surface area contributed by atoms with Crippen LogP contribution in [-0.4, -0.2) is 61.7 Å². The molecule has 9 heteroatoms. The molecule has 0 aliphatic carbocycles. The summed E-state index contributed by atoms with van der Waals surface area (Å²) in [7, 11) is -3.68. The van der Waals surface area contributed by atoms with Gasteiger partial charge in [-0.1, -0.05) is 23.7 Å². The van der Waals surface area contributed by atoms with E-state index in [1.165, 1.54) is 16.4 Å². The topological polar surface area (TPSA) is 86.8 Å². The number of nitrogens with zero attached hydrogens (tertiary/aromatic N) is 2. The number of hydrogen-bond donors (Lipinski definition) is 1. The van der Waals surface area contributed by atoms with E-state index >= 15 is 0 Å². The van der Waals surface area contributed by atoms with Gasteiger partial charge in [0.2, 0.25) is 21.8 Å². The van der Waals surface area contributed by atoms with Crippen molar-refractivity contribution in [3.8, 4) is 0 Å². The summed E-state index contributed by atoms with van der Waals surface area (Å²) in [5, 5.41) is 2.83. The summed E-state index contributed by atoms with van der Waals surface area (Å²) in [6.07, 6.45) is 0.854. The Balaban J connectivity index is 1.66. The number of sulfonamides is 1. The molecule has 2 aliphatic rings. The molecule has 7 nitrogen and oxygen atoms in total. The van der Waals surface area contributed by atoms with E-state index in [4.69, 9.17) is 11.6 Å². The number of carbonyl (C=O) groups is 2. The third kappa shape index (κ3) is 3.26. The van der Waals surface area contributed by atoms with Crippen molar-refractivity contribution >= 4 is 33.4 Å². The molecule has 24 heavy (non-hydrogen) atoms. The second-order valence-corrected chi connectivity index (χ2v) is 8.13. The molecule has 2 amide bonds. The molecule has 1 N–H and O–H groups in total. The molecule has 0 bridgehead atoms. The largest absolute Gasteiger partial charge is 0.344 e. The zero-order chi connectivity index (χ0) is 17.3. The fourth-order valence-electron chi connectivity index (χ4n) is 2.96. The van der Waals surface area contributed by atoms with Gasteiger partial charge in [-0.05, 0) is 18.6 Å². The standard InChI is InChI=1S/C15H18ClN3O4S/c16-11-3-1-2-4-13(11)24(22,23)19-9-7-18(8-10-19)15(21)12-5-6-14(20)17-12/h1-4,12H,5-10H2,(H,17,20). The average molecular weight is 372 g/mol. The van der Waals surface area contributed by atoms with Crippen molar-refractivity contribution in [3.05, 3.63) is 29.3 Å². The molecule has 1 aromatic rings. The number of hydrogen-bond acceptors (Lipinski definition) is 4. The molecule has 1 unspecified atom stereocenters. The van der Waals surface area contributed by atoms with Crippen molar-refractivity contribution in [1.82, 2.24) is 14.5 Å². The van der Waals surface area contributed by atoms with Gasteiger partial charge in [0.25, 0.3) is 0 Å². The first-order valence-electron chi connectivity index (χ1n) is 7.72. The second kappa shape index (κ2) is 6.70. The third-order valence-corrected chi connectivity index (χ3v) is 6.70. The zero-order valence-corrected chi connectivity index (χ0v) is 14.5. The van der Waals surface area contributed by atoms with Crippen molar-refractivity contribution in [2.24, 2.45) is 0 Å². The summed E-state index contributed by atoms with van der Waals surface area (Å²) in [5.41, 5.74) is 0. The van der Waals surface area contributed by atoms with Crippen molar-refractivity contribution < 1.29 is 18.0 Å². The Hall–Kier alpha value is -1.64. The van der Waals surface area contributed by atoms with Gasteiger partial charge >= 0.3 is 0 Å². The van der Waals surface area contributed by atoms with Gasteiger partial charge < -0.3 is 10.2 Å². The van der Waals surface area contributed by atoms with Gasteiger partial charge in [-0.3, -0.25) is 9.59 Å². The van der Waals surface area contributed by atoms with Crippen LogP contribution in [-0.2, 0) is 19.6 Å². The molecule has 130 valence electrons. The van der Waals surface area contributed by atoms with E-state index in [1.54, 1.807) is 17.0 Å². The van der Waals surface area contributed by atoms with Crippen molar-refractivity contribution in [2.45, 2.75) is 23.8 Å². The number of nitrogens with one attached hydrogen (secondary N) is 1. The van der Waals surface area contributed by atoms with Gasteiger partial charge in [-0.15, -0.1) is 0 Å². The Bertz CT molecular complexity index is 760. The van der Waals surface area contributed by atoms with Crippen LogP contribution < -0.4 is 5.32 Å². The fraction of sp³-hybridized carbons (Fsp3) is 0.467. The maximum absolute atomic E-state index is 12.7. The Morgan fingerprint density at radius 2 is 1.83 bits per heavy atom. The highest BCUT2D eigenvalue weighted by atomic mass is 35.5. The quantitative estimate of drug-likeness (QED) is 0.835. The molecule has 0 aromatic heterocycles. The van der Waals surface area contributed by atoms with Crippen LogP contribution >= 0.6 is 11.6 Å². The van der Waals surface area contributed by atoms with Gasteiger partial charge in [0.05, 0.1) is 5.02 Å². The van der Waals surface area contributed by atoms with Crippen molar-refractivity contribution in [2.75, 3.05) is 26.2 Å². The minimum atomic E-state index is -3.68. The molecule has 3 rings (SSSR count). The van der Waals surface area contributed by atoms with E-state index in [0.29, 0.717) is 25.9 Å². The van der Waals surface area contributed by atoms with E-state index in [1.807, 2.05) is 0 Å². The summed E-state index contributed by atoms with van der Waals surface area (Å²) in [6.45, 7) is 1.02. The molecule has 0 radical (unpaired) electrons. The average Bonchev–Trinajstić information content (AvgIpc) is 3.01. The van der Waals surface area contributed by atoms with Gasteiger partial charge in [0.1, 0.15) is 10.9 Å². The van der Waals surface area contributed by atoms with Crippen molar-refractivity contribution in [1.29, 1.82) is 0 Å². The molecule has 2 saturated heterocycles. The van der Waals surface area contributed by atoms with E-state index in [0.717, 1.165) is 0 Å². The van der Waals surface area contributed by atoms with Crippen LogP contribution in [0.2, 0.25) is 5.02 Å². The maximum Gasteiger partial charge on any atom is 0.245 e. The zero-order valence-electron chi connectivity index (χ0n) is 12.9. The lowest BCUT2D eigenvalue weighted by Crippen LogP contribution is -2.54. The van der Waals surface area contributed by atoms with Gasteiger partial charge in [-0.25, -0.2) is 8.42 Å². The molecular weight excluding hydrogens is 354 g/mol. The predicted molar refractivity (Wildman–Crippen MR) is 88.0 cm³/mol. The van der Waals surface area contributed by atoms with Crippen LogP contribution in [0.5, 0.6) is 0 Å². The van der Waals surface area contributed by atoms with Gasteiger partial charge in [0.15, 0.2) is 0 Å². The smallest absolute Gasteiger partial charge is 0.245 e. The first-order chi connectivity index (χ1) is 11.4. The van der Waals surface area contributed by atoms with Crippen LogP contribution in [0.4, 0.5) is 0 Å². The van der Waals surface area contributed by atoms with E-state index in [9.17, 15) is 18.0 Å². The van der Waals surface area contributed by atoms with E-state index in [2.05, 4.69) is 5.32 Å². The summed E-state index contributed by atoms with van der Waals surface area (Å²) >= 11 is 6.00. The monoisotopic (exact) mass is 371 g/mol. The number of piperazine rings is 1. The minimum absolute atomic E-state index is 0.0782. The Labute approximate surface area is 145 Å². The predicted octanol–water partition coefficient (Wildman–Crippen LogP) is 0.451. The molecule has 0 saturated carbocycles. The summed E-state index contributed by atoms with van der Waals surface area (Å²) in [5.74, 6) is -0.260. The molecule has 1 aromatic carbocycles. The third-order valence-electron chi connectivity index (χ3n) is 4.30. The molecular formula is C15H18ClN3O4S. The number of benzene rings is 1. The normalized spacial score (nSPS) is 22.5. The SMILES string of the molecule is O=C1CCC(C(=O)N2CCN(S(=O)(=O)c3ccccc3Cl)CC2)N1. The molecule has 1 atom stereocenters. The van der Waals surface area contributed by atoms with Crippen LogP contribution in [0.1, 0.15) is 12.8 Å². The summed E-state index contributed by atoms with van der Waals surface area (Å²) in [4.78, 5) is 25.3. The fourth-order valence-corrected chi connectivity index (χ4v) is 4.88. The molecule has 2 heterocycles. The second-order valence-electron chi connectivity index (χ2n) is 5.82. The van der Waals surface area contributed by atoms with Gasteiger partial charge in [0, 0.05) is 32.6 Å². The lowest BCUT2D eigenvalue weighted by molar-refractivity contribution is -0.135. The molecule has 2 aliphatic heterocycles. The molecule has 2 fully saturated rings. The van der Waals surface area contributed by atoms with Crippen molar-refractivity contribution in [3.63, 3.8) is 0 Å². The van der Waals surface area contributed by atoms with Crippen LogP contribution in [0.3, 0.4) is 0 Å². The highest BCUT2D eigenvalue weighted by Crippen LogP contribution is 2.25. The molecule has 0 spiro atoms. The Kier molecular flexibility index (Phi) is 4.80. The summed E-state index contributed by atoms with van der Waals surface area (Å²) < 4.78 is 26.7. The van der Waals surface area contributed by atoms with Crippen LogP contribution in [0.25, 0.3) is 0 Å². The number of amides is 2. The van der Waals surface area contributed by atoms with Crippen LogP contribution in [0, 0.1) is 0 Å². The first kappa shape index (κ1) is 17.2. The lowest BCUT2D eigenvalue weighted by Gasteiger charge is -2.35. The number of rotatable bonds is 3. The highest BCUT2D eigenvalue weighted by molar-refractivity contribution is 7.89. The highest BCUT2D eigenvalue weighted by Gasteiger charge is 2.35. The van der Waals surface area contributed by atoms with Crippen LogP contribution in [0.15, 0.2) is 29.2 Å². The van der Waals surface area contributed by atoms with Gasteiger partial charge in [-0.2, -0.15) is 4.31 Å². The lowest BCUT2D eigenvalue weighted by atomic mass is 10.2.